The van der Waals surface area contributed by atoms with Gasteiger partial charge in [-0.2, -0.15) is 0 Å². The minimum Gasteiger partial charge on any atom is -0.493 e. The number of carbonyl (C=O) groups excluding carboxylic acids is 2. The Bertz CT molecular complexity index is 796. The SMILES string of the molecule is CCN(C(=O)[C@@H](C)OC(=O)c1cc(OC)c(OC)c(OC)c1)c1ccccc1. The van der Waals surface area contributed by atoms with Gasteiger partial charge in [0.1, 0.15) is 0 Å². The third-order valence-electron chi connectivity index (χ3n) is 4.18. The Morgan fingerprint density at radius 3 is 2.00 bits per heavy atom. The Labute approximate surface area is 164 Å². The number of benzene rings is 2. The zero-order valence-corrected chi connectivity index (χ0v) is 16.7. The number of ether oxygens (including phenoxy) is 4. The lowest BCUT2D eigenvalue weighted by Gasteiger charge is -2.24. The van der Waals surface area contributed by atoms with E-state index in [0.717, 1.165) is 5.69 Å². The van der Waals surface area contributed by atoms with Crippen LogP contribution < -0.4 is 19.1 Å². The summed E-state index contributed by atoms with van der Waals surface area (Å²) in [6.07, 6.45) is -0.966. The predicted molar refractivity (Wildman–Crippen MR) is 105 cm³/mol. The first kappa shape index (κ1) is 21.1. The van der Waals surface area contributed by atoms with E-state index in [-0.39, 0.29) is 11.5 Å². The van der Waals surface area contributed by atoms with Gasteiger partial charge < -0.3 is 23.8 Å². The highest BCUT2D eigenvalue weighted by Gasteiger charge is 2.26. The number of carbonyl (C=O) groups is 2. The summed E-state index contributed by atoms with van der Waals surface area (Å²) < 4.78 is 21.1. The predicted octanol–water partition coefficient (Wildman–Crippen LogP) is 3.31. The van der Waals surface area contributed by atoms with Crippen LogP contribution >= 0.6 is 0 Å². The zero-order valence-electron chi connectivity index (χ0n) is 16.7. The van der Waals surface area contributed by atoms with Gasteiger partial charge in [0.15, 0.2) is 17.6 Å². The molecule has 0 aromatic heterocycles. The summed E-state index contributed by atoms with van der Waals surface area (Å²) >= 11 is 0. The van der Waals surface area contributed by atoms with E-state index in [2.05, 4.69) is 0 Å². The number of esters is 1. The highest BCUT2D eigenvalue weighted by atomic mass is 16.6. The number of hydrogen-bond acceptors (Lipinski definition) is 6. The quantitative estimate of drug-likeness (QED) is 0.647. The van der Waals surface area contributed by atoms with Gasteiger partial charge in [-0.3, -0.25) is 4.79 Å². The van der Waals surface area contributed by atoms with Gasteiger partial charge >= 0.3 is 5.97 Å². The summed E-state index contributed by atoms with van der Waals surface area (Å²) in [5.74, 6) is 0.0464. The van der Waals surface area contributed by atoms with Crippen molar-refractivity contribution in [3.8, 4) is 17.2 Å². The molecular weight excluding hydrogens is 362 g/mol. The van der Waals surface area contributed by atoms with Gasteiger partial charge in [0.25, 0.3) is 5.91 Å². The van der Waals surface area contributed by atoms with Crippen molar-refractivity contribution in [1.29, 1.82) is 0 Å². The van der Waals surface area contributed by atoms with Gasteiger partial charge in [0.2, 0.25) is 5.75 Å². The zero-order chi connectivity index (χ0) is 20.7. The summed E-state index contributed by atoms with van der Waals surface area (Å²) in [6.45, 7) is 3.86. The lowest BCUT2D eigenvalue weighted by Crippen LogP contribution is -2.40. The number of anilines is 1. The molecular formula is C21H25NO6. The number of amides is 1. The molecule has 0 fully saturated rings. The highest BCUT2D eigenvalue weighted by Crippen LogP contribution is 2.38. The molecule has 0 N–H and O–H groups in total. The number of hydrogen-bond donors (Lipinski definition) is 0. The largest absolute Gasteiger partial charge is 0.493 e. The van der Waals surface area contributed by atoms with E-state index in [1.54, 1.807) is 11.8 Å². The fourth-order valence-corrected chi connectivity index (χ4v) is 2.77. The first-order valence-electron chi connectivity index (χ1n) is 8.84. The lowest BCUT2D eigenvalue weighted by atomic mass is 10.1. The maximum Gasteiger partial charge on any atom is 0.339 e. The molecule has 0 aliphatic carbocycles. The first-order valence-corrected chi connectivity index (χ1v) is 8.84. The van der Waals surface area contributed by atoms with Gasteiger partial charge in [-0.15, -0.1) is 0 Å². The van der Waals surface area contributed by atoms with Crippen LogP contribution in [0.2, 0.25) is 0 Å². The molecule has 0 saturated carbocycles. The molecule has 0 saturated heterocycles. The highest BCUT2D eigenvalue weighted by molar-refractivity contribution is 5.99. The van der Waals surface area contributed by atoms with E-state index in [4.69, 9.17) is 18.9 Å². The molecule has 1 amide bonds. The van der Waals surface area contributed by atoms with E-state index in [9.17, 15) is 9.59 Å². The minimum atomic E-state index is -0.966. The van der Waals surface area contributed by atoms with E-state index >= 15 is 0 Å². The van der Waals surface area contributed by atoms with Gasteiger partial charge in [-0.1, -0.05) is 18.2 Å². The number of para-hydroxylation sites is 1. The first-order chi connectivity index (χ1) is 13.5. The normalized spacial score (nSPS) is 11.3. The van der Waals surface area contributed by atoms with Crippen molar-refractivity contribution in [1.82, 2.24) is 0 Å². The van der Waals surface area contributed by atoms with Crippen LogP contribution in [-0.4, -0.2) is 45.9 Å². The average molecular weight is 387 g/mol. The second-order valence-electron chi connectivity index (χ2n) is 5.88. The van der Waals surface area contributed by atoms with E-state index < -0.39 is 12.1 Å². The summed E-state index contributed by atoms with van der Waals surface area (Å²) in [5.41, 5.74) is 0.933. The standard InChI is InChI=1S/C21H25NO6/c1-6-22(16-10-8-7-9-11-16)20(23)14(2)28-21(24)15-12-17(25-3)19(27-5)18(13-15)26-4/h7-14H,6H2,1-5H3/t14-/m1/s1. The molecule has 2 aromatic rings. The third-order valence-corrected chi connectivity index (χ3v) is 4.18. The fraction of sp³-hybridized carbons (Fsp3) is 0.333. The van der Waals surface area contributed by atoms with Gasteiger partial charge in [-0.25, -0.2) is 4.79 Å². The molecule has 0 aliphatic rings. The molecule has 0 radical (unpaired) electrons. The maximum atomic E-state index is 12.8. The van der Waals surface area contributed by atoms with Crippen molar-refractivity contribution >= 4 is 17.6 Å². The van der Waals surface area contributed by atoms with Crippen LogP contribution in [0.1, 0.15) is 24.2 Å². The molecule has 0 unspecified atom stereocenters. The Balaban J connectivity index is 2.20. The molecule has 150 valence electrons. The minimum absolute atomic E-state index is 0.192. The summed E-state index contributed by atoms with van der Waals surface area (Å²) in [5, 5.41) is 0. The van der Waals surface area contributed by atoms with Crippen molar-refractivity contribution < 1.29 is 28.5 Å². The molecule has 28 heavy (non-hydrogen) atoms. The van der Waals surface area contributed by atoms with E-state index in [1.165, 1.54) is 33.5 Å². The van der Waals surface area contributed by atoms with Crippen LogP contribution in [0, 0.1) is 0 Å². The van der Waals surface area contributed by atoms with Gasteiger partial charge in [0, 0.05) is 12.2 Å². The Hall–Kier alpha value is -3.22. The average Bonchev–Trinajstić information content (AvgIpc) is 2.73. The van der Waals surface area contributed by atoms with E-state index in [0.29, 0.717) is 23.8 Å². The Kier molecular flexibility index (Phi) is 7.26. The molecule has 0 bridgehead atoms. The van der Waals surface area contributed by atoms with Gasteiger partial charge in [0.05, 0.1) is 26.9 Å². The van der Waals surface area contributed by atoms with Crippen molar-refractivity contribution in [2.24, 2.45) is 0 Å². The van der Waals surface area contributed by atoms with Crippen molar-refractivity contribution in [2.75, 3.05) is 32.8 Å². The van der Waals surface area contributed by atoms with Crippen LogP contribution in [-0.2, 0) is 9.53 Å². The molecule has 7 heteroatoms. The summed E-state index contributed by atoms with van der Waals surface area (Å²) in [6, 6.07) is 12.2. The summed E-state index contributed by atoms with van der Waals surface area (Å²) in [4.78, 5) is 26.9. The van der Waals surface area contributed by atoms with Crippen molar-refractivity contribution in [3.05, 3.63) is 48.0 Å². The molecule has 2 aromatic carbocycles. The van der Waals surface area contributed by atoms with Crippen LogP contribution in [0.5, 0.6) is 17.2 Å². The monoisotopic (exact) mass is 387 g/mol. The van der Waals surface area contributed by atoms with Crippen LogP contribution in [0.25, 0.3) is 0 Å². The van der Waals surface area contributed by atoms with Gasteiger partial charge in [-0.05, 0) is 38.1 Å². The Morgan fingerprint density at radius 2 is 1.54 bits per heavy atom. The van der Waals surface area contributed by atoms with Crippen molar-refractivity contribution in [3.63, 3.8) is 0 Å². The number of rotatable bonds is 8. The second kappa shape index (κ2) is 9.64. The number of likely N-dealkylation sites (N-methyl/N-ethyl adjacent to an activating group) is 1. The van der Waals surface area contributed by atoms with Crippen LogP contribution in [0.3, 0.4) is 0 Å². The smallest absolute Gasteiger partial charge is 0.339 e. The molecule has 0 spiro atoms. The second-order valence-corrected chi connectivity index (χ2v) is 5.88. The van der Waals surface area contributed by atoms with Crippen LogP contribution in [0.4, 0.5) is 5.69 Å². The van der Waals surface area contributed by atoms with E-state index in [1.807, 2.05) is 37.3 Å². The number of methoxy groups -OCH3 is 3. The third kappa shape index (κ3) is 4.54. The molecule has 1 atom stereocenters. The summed E-state index contributed by atoms with van der Waals surface area (Å²) in [7, 11) is 4.39. The molecule has 2 rings (SSSR count). The van der Waals surface area contributed by atoms with Crippen LogP contribution in [0.15, 0.2) is 42.5 Å². The molecule has 0 heterocycles. The van der Waals surface area contributed by atoms with Crippen molar-refractivity contribution in [2.45, 2.75) is 20.0 Å². The topological polar surface area (TPSA) is 74.3 Å². The molecule has 7 nitrogen and oxygen atoms in total. The maximum absolute atomic E-state index is 12.8. The molecule has 0 aliphatic heterocycles. The number of nitrogens with zero attached hydrogens (tertiary/aromatic N) is 1. The lowest BCUT2D eigenvalue weighted by molar-refractivity contribution is -0.126. The Morgan fingerprint density at radius 1 is 0.964 bits per heavy atom. The fourth-order valence-electron chi connectivity index (χ4n) is 2.77.